The van der Waals surface area contributed by atoms with Crippen LogP contribution >= 0.6 is 15.9 Å². The molecule has 0 aliphatic carbocycles. The van der Waals surface area contributed by atoms with Crippen molar-refractivity contribution < 1.29 is 9.53 Å². The van der Waals surface area contributed by atoms with Crippen molar-refractivity contribution in [3.05, 3.63) is 64.8 Å². The molecule has 0 fully saturated rings. The van der Waals surface area contributed by atoms with Gasteiger partial charge in [0.2, 0.25) is 5.91 Å². The van der Waals surface area contributed by atoms with E-state index in [1.54, 1.807) is 7.11 Å². The standard InChI is InChI=1S/C19H19BrN2O2/c1-24-17-6-2-14(3-7-17)8-10-21-19(23)13-22-11-9-15-4-5-16(20)12-18(15)22/h2-7,9,11-12H,8,10,13H2,1H3,(H,21,23). The molecule has 5 heteroatoms. The number of hydrogen-bond acceptors (Lipinski definition) is 2. The summed E-state index contributed by atoms with van der Waals surface area (Å²) in [6, 6.07) is 16.0. The summed E-state index contributed by atoms with van der Waals surface area (Å²) in [5.74, 6) is 0.856. The van der Waals surface area contributed by atoms with Crippen LogP contribution in [0.5, 0.6) is 5.75 Å². The van der Waals surface area contributed by atoms with Gasteiger partial charge in [0, 0.05) is 22.7 Å². The zero-order valence-corrected chi connectivity index (χ0v) is 15.0. The molecule has 1 N–H and O–H groups in total. The first-order chi connectivity index (χ1) is 11.7. The Morgan fingerprint density at radius 1 is 1.17 bits per heavy atom. The van der Waals surface area contributed by atoms with Crippen molar-refractivity contribution >= 4 is 32.7 Å². The summed E-state index contributed by atoms with van der Waals surface area (Å²) in [4.78, 5) is 12.2. The van der Waals surface area contributed by atoms with E-state index in [-0.39, 0.29) is 5.91 Å². The average molecular weight is 387 g/mol. The number of nitrogens with one attached hydrogen (secondary N) is 1. The Balaban J connectivity index is 1.54. The number of hydrogen-bond donors (Lipinski definition) is 1. The first-order valence-electron chi connectivity index (χ1n) is 7.80. The third-order valence-corrected chi connectivity index (χ3v) is 4.44. The summed E-state index contributed by atoms with van der Waals surface area (Å²) in [5.41, 5.74) is 2.22. The first kappa shape index (κ1) is 16.6. The van der Waals surface area contributed by atoms with Gasteiger partial charge < -0.3 is 14.6 Å². The van der Waals surface area contributed by atoms with Gasteiger partial charge in [-0.05, 0) is 47.7 Å². The molecule has 3 aromatic rings. The molecular weight excluding hydrogens is 368 g/mol. The number of fused-ring (bicyclic) bond motifs is 1. The van der Waals surface area contributed by atoms with Crippen molar-refractivity contribution in [2.75, 3.05) is 13.7 Å². The van der Waals surface area contributed by atoms with Crippen molar-refractivity contribution in [3.63, 3.8) is 0 Å². The molecule has 0 aliphatic rings. The van der Waals surface area contributed by atoms with Crippen LogP contribution in [0.4, 0.5) is 0 Å². The summed E-state index contributed by atoms with van der Waals surface area (Å²) in [6.45, 7) is 0.941. The van der Waals surface area contributed by atoms with Gasteiger partial charge in [-0.25, -0.2) is 0 Å². The van der Waals surface area contributed by atoms with E-state index in [9.17, 15) is 4.79 Å². The lowest BCUT2D eigenvalue weighted by molar-refractivity contribution is -0.121. The highest BCUT2D eigenvalue weighted by Crippen LogP contribution is 2.20. The van der Waals surface area contributed by atoms with Crippen molar-refractivity contribution in [2.24, 2.45) is 0 Å². The van der Waals surface area contributed by atoms with Gasteiger partial charge in [-0.2, -0.15) is 0 Å². The maximum Gasteiger partial charge on any atom is 0.239 e. The smallest absolute Gasteiger partial charge is 0.239 e. The third kappa shape index (κ3) is 3.97. The molecule has 0 atom stereocenters. The largest absolute Gasteiger partial charge is 0.497 e. The number of rotatable bonds is 6. The molecule has 1 aromatic heterocycles. The zero-order chi connectivity index (χ0) is 16.9. The lowest BCUT2D eigenvalue weighted by atomic mass is 10.1. The van der Waals surface area contributed by atoms with Gasteiger partial charge in [-0.15, -0.1) is 0 Å². The maximum atomic E-state index is 12.2. The SMILES string of the molecule is COc1ccc(CCNC(=O)Cn2ccc3ccc(Br)cc32)cc1. The van der Waals surface area contributed by atoms with E-state index in [2.05, 4.69) is 21.2 Å². The highest BCUT2D eigenvalue weighted by atomic mass is 79.9. The van der Waals surface area contributed by atoms with Crippen LogP contribution in [-0.2, 0) is 17.8 Å². The molecule has 1 amide bonds. The van der Waals surface area contributed by atoms with Crippen molar-refractivity contribution in [1.29, 1.82) is 0 Å². The topological polar surface area (TPSA) is 43.3 Å². The van der Waals surface area contributed by atoms with Gasteiger partial charge in [-0.1, -0.05) is 34.1 Å². The number of benzene rings is 2. The Labute approximate surface area is 149 Å². The molecule has 0 spiro atoms. The average Bonchev–Trinajstić information content (AvgIpc) is 2.97. The summed E-state index contributed by atoms with van der Waals surface area (Å²) in [6.07, 6.45) is 2.74. The van der Waals surface area contributed by atoms with Crippen LogP contribution in [0.2, 0.25) is 0 Å². The molecule has 3 rings (SSSR count). The third-order valence-electron chi connectivity index (χ3n) is 3.94. The molecule has 124 valence electrons. The van der Waals surface area contributed by atoms with E-state index < -0.39 is 0 Å². The minimum absolute atomic E-state index is 0.0148. The fourth-order valence-corrected chi connectivity index (χ4v) is 2.99. The fraction of sp³-hybridized carbons (Fsp3) is 0.211. The minimum Gasteiger partial charge on any atom is -0.497 e. The van der Waals surface area contributed by atoms with Gasteiger partial charge in [0.1, 0.15) is 12.3 Å². The van der Waals surface area contributed by atoms with Gasteiger partial charge >= 0.3 is 0 Å². The van der Waals surface area contributed by atoms with Crippen LogP contribution in [0.25, 0.3) is 10.9 Å². The molecule has 2 aromatic carbocycles. The van der Waals surface area contributed by atoms with Crippen molar-refractivity contribution in [3.8, 4) is 5.75 Å². The monoisotopic (exact) mass is 386 g/mol. The van der Waals surface area contributed by atoms with Crippen LogP contribution in [0.15, 0.2) is 59.2 Å². The molecule has 0 unspecified atom stereocenters. The van der Waals surface area contributed by atoms with E-state index in [4.69, 9.17) is 4.74 Å². The quantitative estimate of drug-likeness (QED) is 0.700. The van der Waals surface area contributed by atoms with E-state index in [0.717, 1.165) is 27.5 Å². The molecule has 4 nitrogen and oxygen atoms in total. The van der Waals surface area contributed by atoms with Crippen molar-refractivity contribution in [2.45, 2.75) is 13.0 Å². The van der Waals surface area contributed by atoms with E-state index >= 15 is 0 Å². The van der Waals surface area contributed by atoms with Crippen LogP contribution < -0.4 is 10.1 Å². The van der Waals surface area contributed by atoms with Crippen LogP contribution in [-0.4, -0.2) is 24.1 Å². The number of amides is 1. The highest BCUT2D eigenvalue weighted by Gasteiger charge is 2.06. The predicted octanol–water partition coefficient (Wildman–Crippen LogP) is 3.77. The lowest BCUT2D eigenvalue weighted by Crippen LogP contribution is -2.29. The second-order valence-electron chi connectivity index (χ2n) is 5.59. The minimum atomic E-state index is 0.0148. The molecule has 0 aliphatic heterocycles. The Bertz CT molecular complexity index is 840. The molecule has 0 saturated heterocycles. The Kier molecular flexibility index (Phi) is 5.20. The number of halogens is 1. The van der Waals surface area contributed by atoms with Gasteiger partial charge in [-0.3, -0.25) is 4.79 Å². The number of nitrogens with zero attached hydrogens (tertiary/aromatic N) is 1. The van der Waals surface area contributed by atoms with E-state index in [1.165, 1.54) is 5.56 Å². The zero-order valence-electron chi connectivity index (χ0n) is 13.5. The van der Waals surface area contributed by atoms with E-state index in [1.807, 2.05) is 59.3 Å². The van der Waals surface area contributed by atoms with Crippen LogP contribution in [0.1, 0.15) is 5.56 Å². The number of methoxy groups -OCH3 is 1. The van der Waals surface area contributed by atoms with Gasteiger partial charge in [0.05, 0.1) is 7.11 Å². The summed E-state index contributed by atoms with van der Waals surface area (Å²) < 4.78 is 8.11. The second-order valence-corrected chi connectivity index (χ2v) is 6.51. The highest BCUT2D eigenvalue weighted by molar-refractivity contribution is 9.10. The number of aromatic nitrogens is 1. The van der Waals surface area contributed by atoms with Gasteiger partial charge in [0.15, 0.2) is 0 Å². The Hall–Kier alpha value is -2.27. The van der Waals surface area contributed by atoms with Crippen LogP contribution in [0, 0.1) is 0 Å². The van der Waals surface area contributed by atoms with E-state index in [0.29, 0.717) is 13.1 Å². The Morgan fingerprint density at radius 3 is 2.71 bits per heavy atom. The summed E-state index contributed by atoms with van der Waals surface area (Å²) in [5, 5.41) is 4.10. The molecule has 24 heavy (non-hydrogen) atoms. The number of ether oxygens (including phenoxy) is 1. The Morgan fingerprint density at radius 2 is 1.96 bits per heavy atom. The summed E-state index contributed by atoms with van der Waals surface area (Å²) >= 11 is 3.47. The lowest BCUT2D eigenvalue weighted by Gasteiger charge is -2.08. The molecule has 0 saturated carbocycles. The molecule has 0 bridgehead atoms. The summed E-state index contributed by atoms with van der Waals surface area (Å²) in [7, 11) is 1.65. The van der Waals surface area contributed by atoms with Gasteiger partial charge in [0.25, 0.3) is 0 Å². The first-order valence-corrected chi connectivity index (χ1v) is 8.59. The van der Waals surface area contributed by atoms with Crippen molar-refractivity contribution in [1.82, 2.24) is 9.88 Å². The molecule has 0 radical (unpaired) electrons. The predicted molar refractivity (Wildman–Crippen MR) is 99.3 cm³/mol. The van der Waals surface area contributed by atoms with Crippen LogP contribution in [0.3, 0.4) is 0 Å². The maximum absolute atomic E-state index is 12.2. The second kappa shape index (κ2) is 7.53. The molecule has 1 heterocycles. The number of carbonyl (C=O) groups excluding carboxylic acids is 1. The fourth-order valence-electron chi connectivity index (χ4n) is 2.64. The number of carbonyl (C=O) groups is 1. The molecular formula is C19H19BrN2O2. The normalized spacial score (nSPS) is 10.8.